The van der Waals surface area contributed by atoms with Crippen LogP contribution in [-0.2, 0) is 6.18 Å². The number of pyridine rings is 1. The summed E-state index contributed by atoms with van der Waals surface area (Å²) in [5, 5.41) is 0. The Bertz CT molecular complexity index is 469. The third-order valence-electron chi connectivity index (χ3n) is 4.93. The van der Waals surface area contributed by atoms with Gasteiger partial charge in [0.05, 0.1) is 11.3 Å². The van der Waals surface area contributed by atoms with Gasteiger partial charge in [-0.15, -0.1) is 0 Å². The van der Waals surface area contributed by atoms with Gasteiger partial charge >= 0.3 is 6.18 Å². The van der Waals surface area contributed by atoms with Crippen LogP contribution in [0.25, 0.3) is 0 Å². The van der Waals surface area contributed by atoms with Gasteiger partial charge in [0.15, 0.2) is 0 Å². The minimum absolute atomic E-state index is 0.248. The third kappa shape index (κ3) is 2.68. The molecule has 20 heavy (non-hydrogen) atoms. The number of hydrogen-bond acceptors (Lipinski definition) is 2. The Morgan fingerprint density at radius 1 is 1.25 bits per heavy atom. The Balaban J connectivity index is 1.64. The van der Waals surface area contributed by atoms with Gasteiger partial charge in [0.1, 0.15) is 0 Å². The molecule has 1 aromatic heterocycles. The van der Waals surface area contributed by atoms with E-state index in [4.69, 9.17) is 5.73 Å². The van der Waals surface area contributed by atoms with Crippen molar-refractivity contribution >= 4 is 0 Å². The molecule has 2 bridgehead atoms. The Morgan fingerprint density at radius 2 is 2.05 bits per heavy atom. The second-order valence-corrected chi connectivity index (χ2v) is 6.25. The number of hydrogen-bond donors (Lipinski definition) is 1. The highest BCUT2D eigenvalue weighted by molar-refractivity contribution is 5.19. The van der Waals surface area contributed by atoms with Gasteiger partial charge < -0.3 is 5.73 Å². The summed E-state index contributed by atoms with van der Waals surface area (Å²) in [5.74, 6) is 2.27. The van der Waals surface area contributed by atoms with E-state index in [0.29, 0.717) is 11.6 Å². The highest BCUT2D eigenvalue weighted by atomic mass is 19.4. The van der Waals surface area contributed by atoms with Crippen molar-refractivity contribution < 1.29 is 13.2 Å². The number of rotatable bonds is 3. The van der Waals surface area contributed by atoms with Gasteiger partial charge in [-0.1, -0.05) is 6.42 Å². The summed E-state index contributed by atoms with van der Waals surface area (Å²) in [6.45, 7) is 0. The summed E-state index contributed by atoms with van der Waals surface area (Å²) in [6.07, 6.45) is 2.59. The zero-order chi connectivity index (χ0) is 14.3. The van der Waals surface area contributed by atoms with Gasteiger partial charge in [-0.2, -0.15) is 13.2 Å². The first-order valence-corrected chi connectivity index (χ1v) is 7.22. The lowest BCUT2D eigenvalue weighted by Crippen LogP contribution is -2.20. The molecule has 0 spiro atoms. The molecule has 5 heteroatoms. The summed E-state index contributed by atoms with van der Waals surface area (Å²) in [7, 11) is 0. The molecule has 2 saturated carbocycles. The molecule has 3 rings (SSSR count). The van der Waals surface area contributed by atoms with Crippen molar-refractivity contribution in [1.29, 1.82) is 0 Å². The lowest BCUT2D eigenvalue weighted by atomic mass is 9.84. The van der Waals surface area contributed by atoms with Crippen LogP contribution in [0.3, 0.4) is 0 Å². The van der Waals surface area contributed by atoms with E-state index in [2.05, 4.69) is 4.98 Å². The molecule has 2 N–H and O–H groups in total. The molecule has 2 nitrogen and oxygen atoms in total. The summed E-state index contributed by atoms with van der Waals surface area (Å²) in [6, 6.07) is 2.24. The molecule has 4 unspecified atom stereocenters. The van der Waals surface area contributed by atoms with Crippen molar-refractivity contribution in [3.8, 4) is 0 Å². The Morgan fingerprint density at radius 3 is 2.55 bits per heavy atom. The first kappa shape index (κ1) is 13.9. The second-order valence-electron chi connectivity index (χ2n) is 6.25. The van der Waals surface area contributed by atoms with Gasteiger partial charge in [0.25, 0.3) is 0 Å². The summed E-state index contributed by atoms with van der Waals surface area (Å²) in [4.78, 5) is 3.90. The topological polar surface area (TPSA) is 38.9 Å². The van der Waals surface area contributed by atoms with Crippen LogP contribution in [0.4, 0.5) is 13.2 Å². The monoisotopic (exact) mass is 284 g/mol. The Kier molecular flexibility index (Phi) is 3.48. The van der Waals surface area contributed by atoms with E-state index >= 15 is 0 Å². The number of halogens is 3. The molecule has 2 aliphatic carbocycles. The molecule has 110 valence electrons. The molecular weight excluding hydrogens is 265 g/mol. The fourth-order valence-electron chi connectivity index (χ4n) is 3.90. The van der Waals surface area contributed by atoms with Crippen LogP contribution >= 0.6 is 0 Å². The quantitative estimate of drug-likeness (QED) is 0.913. The van der Waals surface area contributed by atoms with E-state index in [0.717, 1.165) is 30.5 Å². The van der Waals surface area contributed by atoms with E-state index in [9.17, 15) is 13.2 Å². The van der Waals surface area contributed by atoms with Crippen LogP contribution < -0.4 is 5.73 Å². The predicted molar refractivity (Wildman–Crippen MR) is 69.7 cm³/mol. The summed E-state index contributed by atoms with van der Waals surface area (Å²) in [5.41, 5.74) is 5.98. The van der Waals surface area contributed by atoms with Gasteiger partial charge in [-0.05, 0) is 55.6 Å². The van der Waals surface area contributed by atoms with Crippen LogP contribution in [0.2, 0.25) is 0 Å². The van der Waals surface area contributed by atoms with Crippen LogP contribution in [0.1, 0.15) is 49.4 Å². The first-order valence-electron chi connectivity index (χ1n) is 7.22. The SMILES string of the molecule is NC(CC1CC2CCC1C2)c1ccc(C(F)(F)F)cn1. The molecule has 4 atom stereocenters. The van der Waals surface area contributed by atoms with Crippen molar-refractivity contribution in [1.82, 2.24) is 4.98 Å². The maximum atomic E-state index is 12.5. The molecule has 2 fully saturated rings. The standard InChI is InChI=1S/C15H19F3N2/c16-15(17,18)12-3-4-14(20-8-12)13(19)7-11-6-9-1-2-10(11)5-9/h3-4,8-11,13H,1-2,5-7,19H2. The van der Waals surface area contributed by atoms with Gasteiger partial charge in [-0.3, -0.25) is 4.98 Å². The van der Waals surface area contributed by atoms with Crippen LogP contribution in [0.5, 0.6) is 0 Å². The van der Waals surface area contributed by atoms with Crippen molar-refractivity contribution in [2.45, 2.75) is 44.3 Å². The number of fused-ring (bicyclic) bond motifs is 2. The van der Waals surface area contributed by atoms with E-state index < -0.39 is 11.7 Å². The van der Waals surface area contributed by atoms with Crippen molar-refractivity contribution in [3.63, 3.8) is 0 Å². The maximum absolute atomic E-state index is 12.5. The zero-order valence-corrected chi connectivity index (χ0v) is 11.2. The molecule has 1 aromatic rings. The van der Waals surface area contributed by atoms with Crippen LogP contribution in [-0.4, -0.2) is 4.98 Å². The smallest absolute Gasteiger partial charge is 0.323 e. The molecule has 0 saturated heterocycles. The van der Waals surface area contributed by atoms with Gasteiger partial charge in [-0.25, -0.2) is 0 Å². The van der Waals surface area contributed by atoms with E-state index in [1.165, 1.54) is 31.7 Å². The minimum atomic E-state index is -4.33. The minimum Gasteiger partial charge on any atom is -0.323 e. The summed E-state index contributed by atoms with van der Waals surface area (Å²) < 4.78 is 37.4. The van der Waals surface area contributed by atoms with Gasteiger partial charge in [0, 0.05) is 12.2 Å². The lowest BCUT2D eigenvalue weighted by molar-refractivity contribution is -0.137. The molecule has 2 aliphatic rings. The normalized spacial score (nSPS) is 30.7. The molecule has 0 amide bonds. The Labute approximate surface area is 116 Å². The molecule has 1 heterocycles. The largest absolute Gasteiger partial charge is 0.417 e. The van der Waals surface area contributed by atoms with E-state index in [1.54, 1.807) is 0 Å². The highest BCUT2D eigenvalue weighted by Crippen LogP contribution is 2.50. The fraction of sp³-hybridized carbons (Fsp3) is 0.667. The maximum Gasteiger partial charge on any atom is 0.417 e. The number of nitrogens with zero attached hydrogens (tertiary/aromatic N) is 1. The third-order valence-corrected chi connectivity index (χ3v) is 4.93. The first-order chi connectivity index (χ1) is 9.43. The van der Waals surface area contributed by atoms with Crippen molar-refractivity contribution in [2.24, 2.45) is 23.5 Å². The molecule has 0 aromatic carbocycles. The second kappa shape index (κ2) is 5.02. The summed E-state index contributed by atoms with van der Waals surface area (Å²) >= 11 is 0. The number of aromatic nitrogens is 1. The van der Waals surface area contributed by atoms with Crippen molar-refractivity contribution in [2.75, 3.05) is 0 Å². The average molecular weight is 284 g/mol. The molecular formula is C15H19F3N2. The molecule has 0 radical (unpaired) electrons. The average Bonchev–Trinajstić information content (AvgIpc) is 3.00. The lowest BCUT2D eigenvalue weighted by Gasteiger charge is -2.24. The van der Waals surface area contributed by atoms with E-state index in [-0.39, 0.29) is 6.04 Å². The Hall–Kier alpha value is -1.10. The van der Waals surface area contributed by atoms with Gasteiger partial charge in [0.2, 0.25) is 0 Å². The van der Waals surface area contributed by atoms with E-state index in [1.807, 2.05) is 0 Å². The van der Waals surface area contributed by atoms with Crippen molar-refractivity contribution in [3.05, 3.63) is 29.6 Å². The number of alkyl halides is 3. The number of nitrogens with two attached hydrogens (primary N) is 1. The zero-order valence-electron chi connectivity index (χ0n) is 11.2. The predicted octanol–water partition coefficient (Wildman–Crippen LogP) is 3.93. The fourth-order valence-corrected chi connectivity index (χ4v) is 3.90. The van der Waals surface area contributed by atoms with Crippen LogP contribution in [0, 0.1) is 17.8 Å². The molecule has 0 aliphatic heterocycles. The highest BCUT2D eigenvalue weighted by Gasteiger charge is 2.40. The van der Waals surface area contributed by atoms with Crippen LogP contribution in [0.15, 0.2) is 18.3 Å².